The molecular weight excluding hydrogens is 314 g/mol. The van der Waals surface area contributed by atoms with E-state index < -0.39 is 0 Å². The molecule has 20 heavy (non-hydrogen) atoms. The summed E-state index contributed by atoms with van der Waals surface area (Å²) in [6.45, 7) is 7.69. The molecule has 0 fully saturated rings. The van der Waals surface area contributed by atoms with Gasteiger partial charge in [-0.05, 0) is 43.5 Å². The van der Waals surface area contributed by atoms with Crippen molar-refractivity contribution in [3.63, 3.8) is 0 Å². The summed E-state index contributed by atoms with van der Waals surface area (Å²) in [5.74, 6) is 1.12. The van der Waals surface area contributed by atoms with Crippen LogP contribution >= 0.6 is 15.9 Å². The van der Waals surface area contributed by atoms with Crippen LogP contribution in [0.2, 0.25) is 0 Å². The van der Waals surface area contributed by atoms with Crippen LogP contribution in [0.1, 0.15) is 64.5 Å². The first-order valence-electron chi connectivity index (χ1n) is 7.84. The number of hydrogen-bond acceptors (Lipinski definition) is 2. The van der Waals surface area contributed by atoms with E-state index in [1.807, 2.05) is 12.1 Å². The van der Waals surface area contributed by atoms with Crippen LogP contribution in [0, 0.1) is 5.92 Å². The van der Waals surface area contributed by atoms with Crippen molar-refractivity contribution in [3.8, 4) is 5.75 Å². The highest BCUT2D eigenvalue weighted by Crippen LogP contribution is 2.29. The number of unbranched alkanes of at least 4 members (excludes halogenated alkanes) is 1. The van der Waals surface area contributed by atoms with Gasteiger partial charge in [0.05, 0.1) is 0 Å². The lowest BCUT2D eigenvalue weighted by Gasteiger charge is -2.22. The summed E-state index contributed by atoms with van der Waals surface area (Å²) in [7, 11) is 0. The molecule has 0 aliphatic carbocycles. The Balaban J connectivity index is 2.64. The second-order valence-corrected chi connectivity index (χ2v) is 6.40. The van der Waals surface area contributed by atoms with E-state index in [1.165, 1.54) is 25.7 Å². The van der Waals surface area contributed by atoms with Gasteiger partial charge in [0.1, 0.15) is 5.75 Å². The zero-order valence-electron chi connectivity index (χ0n) is 13.0. The molecule has 2 unspecified atom stereocenters. The summed E-state index contributed by atoms with van der Waals surface area (Å²) in [6.07, 6.45) is 6.06. The second kappa shape index (κ2) is 9.41. The van der Waals surface area contributed by atoms with Crippen LogP contribution in [0.3, 0.4) is 0 Å². The van der Waals surface area contributed by atoms with Crippen molar-refractivity contribution in [2.75, 3.05) is 6.54 Å². The van der Waals surface area contributed by atoms with Gasteiger partial charge in [-0.1, -0.05) is 56.0 Å². The predicted octanol–water partition coefficient (Wildman–Crippen LogP) is 5.41. The first-order valence-corrected chi connectivity index (χ1v) is 8.63. The van der Waals surface area contributed by atoms with E-state index >= 15 is 0 Å². The van der Waals surface area contributed by atoms with E-state index in [-0.39, 0.29) is 6.04 Å². The smallest absolute Gasteiger partial charge is 0.120 e. The third-order valence-electron chi connectivity index (χ3n) is 3.97. The molecule has 1 aromatic carbocycles. The van der Waals surface area contributed by atoms with Crippen molar-refractivity contribution < 1.29 is 5.11 Å². The van der Waals surface area contributed by atoms with Crippen LogP contribution in [0.25, 0.3) is 0 Å². The SMILES string of the molecule is CCCCC(CC)CNC(CC)c1cc(Br)ccc1O. The molecule has 0 heterocycles. The molecule has 1 rings (SSSR count). The van der Waals surface area contributed by atoms with Gasteiger partial charge in [0.2, 0.25) is 0 Å². The van der Waals surface area contributed by atoms with Crippen LogP contribution in [0.4, 0.5) is 0 Å². The quantitative estimate of drug-likeness (QED) is 0.629. The summed E-state index contributed by atoms with van der Waals surface area (Å²) >= 11 is 3.48. The van der Waals surface area contributed by atoms with Crippen molar-refractivity contribution in [2.24, 2.45) is 5.92 Å². The standard InChI is InChI=1S/C17H28BrNO/c1-4-7-8-13(5-2)12-19-16(6-3)15-11-14(18)9-10-17(15)20/h9-11,13,16,19-20H,4-8,12H2,1-3H3. The lowest BCUT2D eigenvalue weighted by molar-refractivity contribution is 0.378. The van der Waals surface area contributed by atoms with Gasteiger partial charge in [0.25, 0.3) is 0 Å². The summed E-state index contributed by atoms with van der Waals surface area (Å²) in [6, 6.07) is 5.88. The molecule has 0 aromatic heterocycles. The molecule has 3 heteroatoms. The van der Waals surface area contributed by atoms with Crippen molar-refractivity contribution in [1.29, 1.82) is 0 Å². The zero-order chi connectivity index (χ0) is 15.0. The molecular formula is C17H28BrNO. The Morgan fingerprint density at radius 2 is 1.95 bits per heavy atom. The first-order chi connectivity index (χ1) is 9.62. The average Bonchev–Trinajstić information content (AvgIpc) is 2.46. The molecule has 0 spiro atoms. The number of aromatic hydroxyl groups is 1. The minimum absolute atomic E-state index is 0.225. The largest absolute Gasteiger partial charge is 0.508 e. The van der Waals surface area contributed by atoms with Crippen molar-refractivity contribution in [1.82, 2.24) is 5.32 Å². The molecule has 1 aromatic rings. The molecule has 0 bridgehead atoms. The van der Waals surface area contributed by atoms with E-state index in [9.17, 15) is 5.11 Å². The monoisotopic (exact) mass is 341 g/mol. The minimum Gasteiger partial charge on any atom is -0.508 e. The maximum Gasteiger partial charge on any atom is 0.120 e. The fourth-order valence-corrected chi connectivity index (χ4v) is 2.91. The lowest BCUT2D eigenvalue weighted by atomic mass is 9.97. The number of benzene rings is 1. The summed E-state index contributed by atoms with van der Waals surface area (Å²) < 4.78 is 1.02. The molecule has 2 atom stereocenters. The van der Waals surface area contributed by atoms with Crippen LogP contribution in [0.15, 0.2) is 22.7 Å². The van der Waals surface area contributed by atoms with Gasteiger partial charge in [-0.3, -0.25) is 0 Å². The third kappa shape index (κ3) is 5.45. The molecule has 0 saturated carbocycles. The van der Waals surface area contributed by atoms with Gasteiger partial charge in [-0.25, -0.2) is 0 Å². The highest BCUT2D eigenvalue weighted by Gasteiger charge is 2.15. The summed E-state index contributed by atoms with van der Waals surface area (Å²) in [5, 5.41) is 13.7. The molecule has 0 saturated heterocycles. The van der Waals surface area contributed by atoms with E-state index in [0.717, 1.165) is 28.9 Å². The number of halogens is 1. The molecule has 0 aliphatic rings. The maximum absolute atomic E-state index is 10.0. The molecule has 114 valence electrons. The Morgan fingerprint density at radius 3 is 2.55 bits per heavy atom. The average molecular weight is 342 g/mol. The third-order valence-corrected chi connectivity index (χ3v) is 4.46. The van der Waals surface area contributed by atoms with Crippen LogP contribution < -0.4 is 5.32 Å². The van der Waals surface area contributed by atoms with E-state index in [4.69, 9.17) is 0 Å². The van der Waals surface area contributed by atoms with E-state index in [1.54, 1.807) is 6.07 Å². The van der Waals surface area contributed by atoms with Crippen molar-refractivity contribution in [3.05, 3.63) is 28.2 Å². The first kappa shape index (κ1) is 17.5. The Bertz CT molecular complexity index is 395. The highest BCUT2D eigenvalue weighted by atomic mass is 79.9. The van der Waals surface area contributed by atoms with Crippen LogP contribution in [-0.2, 0) is 0 Å². The highest BCUT2D eigenvalue weighted by molar-refractivity contribution is 9.10. The van der Waals surface area contributed by atoms with Gasteiger partial charge >= 0.3 is 0 Å². The zero-order valence-corrected chi connectivity index (χ0v) is 14.5. The number of phenols is 1. The van der Waals surface area contributed by atoms with E-state index in [2.05, 4.69) is 42.0 Å². The Morgan fingerprint density at radius 1 is 1.20 bits per heavy atom. The Labute approximate surface area is 132 Å². The predicted molar refractivity (Wildman–Crippen MR) is 90.1 cm³/mol. The number of rotatable bonds is 9. The number of hydrogen-bond donors (Lipinski definition) is 2. The van der Waals surface area contributed by atoms with Crippen LogP contribution in [0.5, 0.6) is 5.75 Å². The lowest BCUT2D eigenvalue weighted by Crippen LogP contribution is -2.27. The fourth-order valence-electron chi connectivity index (χ4n) is 2.53. The Hall–Kier alpha value is -0.540. The fraction of sp³-hybridized carbons (Fsp3) is 0.647. The van der Waals surface area contributed by atoms with Gasteiger partial charge in [0.15, 0.2) is 0 Å². The molecule has 2 nitrogen and oxygen atoms in total. The molecule has 0 radical (unpaired) electrons. The summed E-state index contributed by atoms with van der Waals surface area (Å²) in [5.41, 5.74) is 0.993. The minimum atomic E-state index is 0.225. The molecule has 0 aliphatic heterocycles. The van der Waals surface area contributed by atoms with Crippen molar-refractivity contribution in [2.45, 2.75) is 58.9 Å². The molecule has 0 amide bonds. The molecule has 2 N–H and O–H groups in total. The Kier molecular flexibility index (Phi) is 8.24. The topological polar surface area (TPSA) is 32.3 Å². The van der Waals surface area contributed by atoms with Gasteiger partial charge < -0.3 is 10.4 Å². The van der Waals surface area contributed by atoms with Crippen molar-refractivity contribution >= 4 is 15.9 Å². The van der Waals surface area contributed by atoms with Crippen LogP contribution in [-0.4, -0.2) is 11.7 Å². The van der Waals surface area contributed by atoms with Gasteiger partial charge in [-0.15, -0.1) is 0 Å². The maximum atomic E-state index is 10.0. The number of phenolic OH excluding ortho intramolecular Hbond substituents is 1. The number of nitrogens with one attached hydrogen (secondary N) is 1. The van der Waals surface area contributed by atoms with Gasteiger partial charge in [-0.2, -0.15) is 0 Å². The summed E-state index contributed by atoms with van der Waals surface area (Å²) in [4.78, 5) is 0. The second-order valence-electron chi connectivity index (χ2n) is 5.49. The van der Waals surface area contributed by atoms with Gasteiger partial charge in [0, 0.05) is 16.1 Å². The van der Waals surface area contributed by atoms with E-state index in [0.29, 0.717) is 5.75 Å². The normalized spacial score (nSPS) is 14.2.